The van der Waals surface area contributed by atoms with Gasteiger partial charge in [0.15, 0.2) is 0 Å². The molecule has 0 aliphatic heterocycles. The molecule has 1 N–H and O–H groups in total. The van der Waals surface area contributed by atoms with Crippen LogP contribution in [0.3, 0.4) is 0 Å². The Bertz CT molecular complexity index is 567. The van der Waals surface area contributed by atoms with E-state index in [4.69, 9.17) is 0 Å². The minimum Gasteiger partial charge on any atom is -0.353 e. The van der Waals surface area contributed by atoms with Gasteiger partial charge >= 0.3 is 0 Å². The van der Waals surface area contributed by atoms with E-state index in [0.717, 1.165) is 24.7 Å². The summed E-state index contributed by atoms with van der Waals surface area (Å²) in [7, 11) is -1.76. The summed E-state index contributed by atoms with van der Waals surface area (Å²) >= 11 is 0. The predicted octanol–water partition coefficient (Wildman–Crippen LogP) is 1.93. The largest absolute Gasteiger partial charge is 0.353 e. The highest BCUT2D eigenvalue weighted by molar-refractivity contribution is 7.92. The molecule has 0 aliphatic carbocycles. The normalized spacial score (nSPS) is 12.8. The zero-order chi connectivity index (χ0) is 16.0. The number of rotatable bonds is 7. The molecule has 0 saturated carbocycles. The van der Waals surface area contributed by atoms with Crippen LogP contribution in [0.15, 0.2) is 24.3 Å². The summed E-state index contributed by atoms with van der Waals surface area (Å²) in [4.78, 5) is 11.9. The Morgan fingerprint density at radius 2 is 1.86 bits per heavy atom. The molecule has 0 fully saturated rings. The molecular weight excluding hydrogens is 288 g/mol. The number of benzene rings is 1. The topological polar surface area (TPSA) is 66.5 Å². The Hall–Kier alpha value is -1.56. The van der Waals surface area contributed by atoms with Gasteiger partial charge in [-0.15, -0.1) is 0 Å². The molecule has 6 heteroatoms. The number of sulfonamides is 1. The second-order valence-electron chi connectivity index (χ2n) is 5.33. The van der Waals surface area contributed by atoms with Gasteiger partial charge in [0, 0.05) is 13.1 Å². The molecule has 1 amide bonds. The molecule has 1 atom stereocenters. The first kappa shape index (κ1) is 17.5. The number of hydrogen-bond acceptors (Lipinski definition) is 3. The molecule has 5 nitrogen and oxygen atoms in total. The van der Waals surface area contributed by atoms with Gasteiger partial charge in [-0.3, -0.25) is 9.10 Å². The number of hydrogen-bond donors (Lipinski definition) is 1. The molecule has 0 saturated heterocycles. The van der Waals surface area contributed by atoms with E-state index in [0.29, 0.717) is 12.1 Å². The third-order valence-corrected chi connectivity index (χ3v) is 4.50. The summed E-state index contributed by atoms with van der Waals surface area (Å²) in [5, 5.41) is 2.95. The van der Waals surface area contributed by atoms with E-state index in [1.807, 2.05) is 6.92 Å². The Kier molecular flexibility index (Phi) is 6.20. The van der Waals surface area contributed by atoms with E-state index in [9.17, 15) is 13.2 Å². The van der Waals surface area contributed by atoms with Crippen LogP contribution in [-0.2, 0) is 21.2 Å². The fourth-order valence-corrected chi connectivity index (χ4v) is 2.54. The third kappa shape index (κ3) is 5.75. The maximum Gasteiger partial charge on any atom is 0.231 e. The van der Waals surface area contributed by atoms with E-state index < -0.39 is 10.0 Å². The maximum atomic E-state index is 11.9. The van der Waals surface area contributed by atoms with Crippen molar-refractivity contribution in [2.75, 3.05) is 17.6 Å². The number of anilines is 1. The monoisotopic (exact) mass is 312 g/mol. The Balaban J connectivity index is 2.65. The number of carbonyl (C=O) groups is 1. The van der Waals surface area contributed by atoms with E-state index in [1.165, 1.54) is 11.4 Å². The lowest BCUT2D eigenvalue weighted by atomic mass is 10.1. The van der Waals surface area contributed by atoms with E-state index in [-0.39, 0.29) is 11.9 Å². The predicted molar refractivity (Wildman–Crippen MR) is 85.9 cm³/mol. The second-order valence-corrected chi connectivity index (χ2v) is 7.34. The molecule has 118 valence electrons. The standard InChI is InChI=1S/C15H24N2O3S/c1-5-6-12(2)16-15(18)11-13-7-9-14(10-8-13)17(3)21(4,19)20/h7-10,12H,5-6,11H2,1-4H3,(H,16,18)/t12-/m0/s1. The fraction of sp³-hybridized carbons (Fsp3) is 0.533. The molecule has 1 aromatic carbocycles. The van der Waals surface area contributed by atoms with Crippen LogP contribution in [0.5, 0.6) is 0 Å². The van der Waals surface area contributed by atoms with Gasteiger partial charge in [0.05, 0.1) is 18.4 Å². The zero-order valence-corrected chi connectivity index (χ0v) is 13.9. The van der Waals surface area contributed by atoms with Gasteiger partial charge < -0.3 is 5.32 Å². The lowest BCUT2D eigenvalue weighted by Gasteiger charge is -2.17. The summed E-state index contributed by atoms with van der Waals surface area (Å²) in [5.41, 5.74) is 1.45. The molecule has 0 aromatic heterocycles. The van der Waals surface area contributed by atoms with Crippen molar-refractivity contribution in [3.05, 3.63) is 29.8 Å². The average Bonchev–Trinajstić information content (AvgIpc) is 2.37. The zero-order valence-electron chi connectivity index (χ0n) is 13.1. The van der Waals surface area contributed by atoms with Crippen molar-refractivity contribution in [3.8, 4) is 0 Å². The van der Waals surface area contributed by atoms with Gasteiger partial charge in [0.1, 0.15) is 0 Å². The Morgan fingerprint density at radius 1 is 1.29 bits per heavy atom. The summed E-state index contributed by atoms with van der Waals surface area (Å²) in [5.74, 6) is -0.0137. The van der Waals surface area contributed by atoms with Gasteiger partial charge in [-0.05, 0) is 31.0 Å². The molecule has 1 aromatic rings. The molecule has 0 radical (unpaired) electrons. The summed E-state index contributed by atoms with van der Waals surface area (Å²) in [6.45, 7) is 4.07. The van der Waals surface area contributed by atoms with Crippen LogP contribution in [0.2, 0.25) is 0 Å². The second kappa shape index (κ2) is 7.45. The average molecular weight is 312 g/mol. The Morgan fingerprint density at radius 3 is 2.33 bits per heavy atom. The van der Waals surface area contributed by atoms with E-state index >= 15 is 0 Å². The minimum absolute atomic E-state index is 0.0137. The van der Waals surface area contributed by atoms with Crippen molar-refractivity contribution in [2.45, 2.75) is 39.2 Å². The molecule has 21 heavy (non-hydrogen) atoms. The van der Waals surface area contributed by atoms with Crippen molar-refractivity contribution in [2.24, 2.45) is 0 Å². The maximum absolute atomic E-state index is 11.9. The number of nitrogens with zero attached hydrogens (tertiary/aromatic N) is 1. The number of carbonyl (C=O) groups excluding carboxylic acids is 1. The fourth-order valence-electron chi connectivity index (χ4n) is 2.03. The van der Waals surface area contributed by atoms with Crippen LogP contribution in [0.25, 0.3) is 0 Å². The van der Waals surface area contributed by atoms with Crippen LogP contribution in [-0.4, -0.2) is 33.7 Å². The molecule has 0 bridgehead atoms. The van der Waals surface area contributed by atoms with Gasteiger partial charge in [0.25, 0.3) is 0 Å². The van der Waals surface area contributed by atoms with Crippen molar-refractivity contribution >= 4 is 21.6 Å². The van der Waals surface area contributed by atoms with Crippen molar-refractivity contribution < 1.29 is 13.2 Å². The van der Waals surface area contributed by atoms with E-state index in [1.54, 1.807) is 24.3 Å². The highest BCUT2D eigenvalue weighted by Crippen LogP contribution is 2.16. The summed E-state index contributed by atoms with van der Waals surface area (Å²) in [6, 6.07) is 7.15. The van der Waals surface area contributed by atoms with Crippen molar-refractivity contribution in [1.82, 2.24) is 5.32 Å². The van der Waals surface area contributed by atoms with Crippen LogP contribution >= 0.6 is 0 Å². The molecule has 0 aliphatic rings. The van der Waals surface area contributed by atoms with E-state index in [2.05, 4.69) is 12.2 Å². The van der Waals surface area contributed by atoms with Gasteiger partial charge in [-0.1, -0.05) is 25.5 Å². The molecule has 1 rings (SSSR count). The first-order valence-electron chi connectivity index (χ1n) is 7.06. The molecule has 0 heterocycles. The van der Waals surface area contributed by atoms with Crippen LogP contribution < -0.4 is 9.62 Å². The lowest BCUT2D eigenvalue weighted by Crippen LogP contribution is -2.33. The van der Waals surface area contributed by atoms with Crippen LogP contribution in [0.1, 0.15) is 32.3 Å². The first-order valence-corrected chi connectivity index (χ1v) is 8.91. The number of nitrogens with one attached hydrogen (secondary N) is 1. The number of amides is 1. The lowest BCUT2D eigenvalue weighted by molar-refractivity contribution is -0.121. The third-order valence-electron chi connectivity index (χ3n) is 3.29. The first-order chi connectivity index (χ1) is 9.74. The smallest absolute Gasteiger partial charge is 0.231 e. The van der Waals surface area contributed by atoms with Crippen molar-refractivity contribution in [1.29, 1.82) is 0 Å². The van der Waals surface area contributed by atoms with Crippen molar-refractivity contribution in [3.63, 3.8) is 0 Å². The van der Waals surface area contributed by atoms with Crippen LogP contribution in [0, 0.1) is 0 Å². The summed E-state index contributed by atoms with van der Waals surface area (Å²) in [6.07, 6.45) is 3.46. The highest BCUT2D eigenvalue weighted by Gasteiger charge is 2.12. The van der Waals surface area contributed by atoms with Gasteiger partial charge in [0.2, 0.25) is 15.9 Å². The van der Waals surface area contributed by atoms with Crippen LogP contribution in [0.4, 0.5) is 5.69 Å². The molecule has 0 unspecified atom stereocenters. The van der Waals surface area contributed by atoms with Gasteiger partial charge in [-0.2, -0.15) is 0 Å². The Labute approximate surface area is 127 Å². The minimum atomic E-state index is -3.26. The molecule has 0 spiro atoms. The SMILES string of the molecule is CCC[C@H](C)NC(=O)Cc1ccc(N(C)S(C)(=O)=O)cc1. The highest BCUT2D eigenvalue weighted by atomic mass is 32.2. The van der Waals surface area contributed by atoms with Gasteiger partial charge in [-0.25, -0.2) is 8.42 Å². The quantitative estimate of drug-likeness (QED) is 0.836. The summed E-state index contributed by atoms with van der Waals surface area (Å²) < 4.78 is 24.1. The molecular formula is C15H24N2O3S.